The minimum absolute atomic E-state index is 0.0212. The summed E-state index contributed by atoms with van der Waals surface area (Å²) in [6.07, 6.45) is 3.71. The first-order valence-electron chi connectivity index (χ1n) is 4.77. The van der Waals surface area contributed by atoms with Crippen LogP contribution in [0.1, 0.15) is 28.9 Å². The minimum Gasteiger partial charge on any atom is -0.357 e. The summed E-state index contributed by atoms with van der Waals surface area (Å²) >= 11 is 0. The highest BCUT2D eigenvalue weighted by molar-refractivity contribution is 5.40. The van der Waals surface area contributed by atoms with Crippen LogP contribution in [0.3, 0.4) is 0 Å². The predicted molar refractivity (Wildman–Crippen MR) is 58.1 cm³/mol. The van der Waals surface area contributed by atoms with E-state index >= 15 is 0 Å². The fraction of sp³-hybridized carbons (Fsp3) is 0.231. The first-order valence-corrected chi connectivity index (χ1v) is 4.77. The van der Waals surface area contributed by atoms with Crippen LogP contribution in [0.4, 0.5) is 0 Å². The Morgan fingerprint density at radius 1 is 1.14 bits per heavy atom. The number of fused-ring (bicyclic) bond motifs is 1. The molecule has 0 saturated heterocycles. The normalized spacial score (nSPS) is 24.4. The van der Waals surface area contributed by atoms with Crippen molar-refractivity contribution in [2.24, 2.45) is 0 Å². The SMILES string of the molecule is C=CC1OC(C=C)c2cc(C)ccc21. The molecule has 0 aromatic heterocycles. The molecule has 1 heteroatoms. The second-order valence-electron chi connectivity index (χ2n) is 3.58. The monoisotopic (exact) mass is 186 g/mol. The molecule has 0 aliphatic carbocycles. The zero-order valence-corrected chi connectivity index (χ0v) is 8.36. The molecule has 1 aromatic carbocycles. The average Bonchev–Trinajstić information content (AvgIpc) is 2.55. The van der Waals surface area contributed by atoms with E-state index in [0.717, 1.165) is 0 Å². The summed E-state index contributed by atoms with van der Waals surface area (Å²) in [4.78, 5) is 0. The Bertz CT molecular complexity index is 379. The van der Waals surface area contributed by atoms with E-state index < -0.39 is 0 Å². The van der Waals surface area contributed by atoms with Gasteiger partial charge in [0.2, 0.25) is 0 Å². The number of hydrogen-bond acceptors (Lipinski definition) is 1. The molecular formula is C13H14O. The maximum absolute atomic E-state index is 5.75. The largest absolute Gasteiger partial charge is 0.357 e. The molecule has 1 nitrogen and oxygen atoms in total. The highest BCUT2D eigenvalue weighted by Gasteiger charge is 2.27. The van der Waals surface area contributed by atoms with Gasteiger partial charge in [0.05, 0.1) is 0 Å². The van der Waals surface area contributed by atoms with Gasteiger partial charge in [-0.2, -0.15) is 0 Å². The molecule has 2 rings (SSSR count). The van der Waals surface area contributed by atoms with Crippen molar-refractivity contribution >= 4 is 0 Å². The van der Waals surface area contributed by atoms with Crippen molar-refractivity contribution in [1.29, 1.82) is 0 Å². The van der Waals surface area contributed by atoms with Gasteiger partial charge in [-0.3, -0.25) is 0 Å². The van der Waals surface area contributed by atoms with Crippen molar-refractivity contribution in [3.8, 4) is 0 Å². The van der Waals surface area contributed by atoms with E-state index in [1.807, 2.05) is 12.2 Å². The summed E-state index contributed by atoms with van der Waals surface area (Å²) in [5, 5.41) is 0. The van der Waals surface area contributed by atoms with Gasteiger partial charge in [-0.25, -0.2) is 0 Å². The smallest absolute Gasteiger partial charge is 0.102 e. The molecule has 0 bridgehead atoms. The van der Waals surface area contributed by atoms with Crippen molar-refractivity contribution < 1.29 is 4.74 Å². The van der Waals surface area contributed by atoms with Crippen LogP contribution in [-0.4, -0.2) is 0 Å². The van der Waals surface area contributed by atoms with Gasteiger partial charge in [0.15, 0.2) is 0 Å². The van der Waals surface area contributed by atoms with Gasteiger partial charge in [-0.15, -0.1) is 13.2 Å². The first kappa shape index (κ1) is 9.22. The standard InChI is InChI=1S/C13H14O/c1-4-12-10-7-6-9(3)8-11(10)13(5-2)14-12/h4-8,12-13H,1-2H2,3H3. The predicted octanol–water partition coefficient (Wildman–Crippen LogP) is 3.48. The van der Waals surface area contributed by atoms with Crippen LogP contribution in [0.2, 0.25) is 0 Å². The van der Waals surface area contributed by atoms with Gasteiger partial charge >= 0.3 is 0 Å². The van der Waals surface area contributed by atoms with E-state index in [2.05, 4.69) is 38.3 Å². The molecule has 2 unspecified atom stereocenters. The quantitative estimate of drug-likeness (QED) is 0.642. The van der Waals surface area contributed by atoms with E-state index in [9.17, 15) is 0 Å². The van der Waals surface area contributed by atoms with E-state index in [1.54, 1.807) is 0 Å². The van der Waals surface area contributed by atoms with Crippen molar-refractivity contribution in [1.82, 2.24) is 0 Å². The fourth-order valence-electron chi connectivity index (χ4n) is 1.87. The summed E-state index contributed by atoms with van der Waals surface area (Å²) < 4.78 is 5.75. The van der Waals surface area contributed by atoms with Gasteiger partial charge in [0, 0.05) is 0 Å². The third-order valence-electron chi connectivity index (χ3n) is 2.58. The Balaban J connectivity index is 2.52. The number of rotatable bonds is 2. The van der Waals surface area contributed by atoms with Crippen LogP contribution in [0.25, 0.3) is 0 Å². The van der Waals surface area contributed by atoms with Crippen LogP contribution in [0.15, 0.2) is 43.5 Å². The molecule has 1 aliphatic rings. The molecule has 0 amide bonds. The van der Waals surface area contributed by atoms with Crippen molar-refractivity contribution in [3.63, 3.8) is 0 Å². The van der Waals surface area contributed by atoms with E-state index in [1.165, 1.54) is 16.7 Å². The van der Waals surface area contributed by atoms with Crippen LogP contribution in [0, 0.1) is 6.92 Å². The number of benzene rings is 1. The van der Waals surface area contributed by atoms with Crippen LogP contribution < -0.4 is 0 Å². The van der Waals surface area contributed by atoms with Crippen molar-refractivity contribution in [2.45, 2.75) is 19.1 Å². The Morgan fingerprint density at radius 3 is 2.43 bits per heavy atom. The summed E-state index contributed by atoms with van der Waals surface area (Å²) in [6, 6.07) is 6.37. The lowest BCUT2D eigenvalue weighted by Gasteiger charge is -2.05. The molecule has 72 valence electrons. The lowest BCUT2D eigenvalue weighted by molar-refractivity contribution is 0.0678. The Morgan fingerprint density at radius 2 is 1.79 bits per heavy atom. The van der Waals surface area contributed by atoms with Crippen LogP contribution >= 0.6 is 0 Å². The summed E-state index contributed by atoms with van der Waals surface area (Å²) in [6.45, 7) is 9.64. The van der Waals surface area contributed by atoms with Gasteiger partial charge in [0.1, 0.15) is 12.2 Å². The fourth-order valence-corrected chi connectivity index (χ4v) is 1.87. The van der Waals surface area contributed by atoms with Gasteiger partial charge in [-0.1, -0.05) is 35.9 Å². The van der Waals surface area contributed by atoms with Crippen LogP contribution in [0.5, 0.6) is 0 Å². The Hall–Kier alpha value is -1.34. The summed E-state index contributed by atoms with van der Waals surface area (Å²) in [5.74, 6) is 0. The second kappa shape index (κ2) is 3.43. The molecule has 0 saturated carbocycles. The minimum atomic E-state index is 0.0212. The molecule has 2 atom stereocenters. The molecule has 0 radical (unpaired) electrons. The molecule has 14 heavy (non-hydrogen) atoms. The topological polar surface area (TPSA) is 9.23 Å². The molecule has 1 heterocycles. The molecule has 1 aromatic rings. The van der Waals surface area contributed by atoms with E-state index in [-0.39, 0.29) is 12.2 Å². The average molecular weight is 186 g/mol. The zero-order chi connectivity index (χ0) is 10.1. The summed E-state index contributed by atoms with van der Waals surface area (Å²) in [5.41, 5.74) is 3.70. The lowest BCUT2D eigenvalue weighted by Crippen LogP contribution is -1.91. The number of ether oxygens (including phenoxy) is 1. The molecular weight excluding hydrogens is 172 g/mol. The van der Waals surface area contributed by atoms with Gasteiger partial charge in [0.25, 0.3) is 0 Å². The van der Waals surface area contributed by atoms with Gasteiger partial charge < -0.3 is 4.74 Å². The first-order chi connectivity index (χ1) is 6.76. The van der Waals surface area contributed by atoms with E-state index in [0.29, 0.717) is 0 Å². The third-order valence-corrected chi connectivity index (χ3v) is 2.58. The molecule has 0 spiro atoms. The Labute approximate surface area is 84.7 Å². The Kier molecular flexibility index (Phi) is 2.26. The molecule has 0 fully saturated rings. The maximum atomic E-state index is 5.75. The second-order valence-corrected chi connectivity index (χ2v) is 3.58. The maximum Gasteiger partial charge on any atom is 0.102 e. The van der Waals surface area contributed by atoms with Crippen molar-refractivity contribution in [3.05, 3.63) is 60.2 Å². The van der Waals surface area contributed by atoms with E-state index in [4.69, 9.17) is 4.74 Å². The number of hydrogen-bond donors (Lipinski definition) is 0. The highest BCUT2D eigenvalue weighted by atomic mass is 16.5. The lowest BCUT2D eigenvalue weighted by atomic mass is 9.99. The third kappa shape index (κ3) is 1.30. The molecule has 0 N–H and O–H groups in total. The number of aryl methyl sites for hydroxylation is 1. The highest BCUT2D eigenvalue weighted by Crippen LogP contribution is 2.40. The van der Waals surface area contributed by atoms with Crippen molar-refractivity contribution in [2.75, 3.05) is 0 Å². The summed E-state index contributed by atoms with van der Waals surface area (Å²) in [7, 11) is 0. The van der Waals surface area contributed by atoms with Crippen LogP contribution in [-0.2, 0) is 4.74 Å². The van der Waals surface area contributed by atoms with Gasteiger partial charge in [-0.05, 0) is 18.1 Å². The molecule has 1 aliphatic heterocycles. The zero-order valence-electron chi connectivity index (χ0n) is 8.36.